The van der Waals surface area contributed by atoms with E-state index in [1.807, 2.05) is 6.07 Å². The van der Waals surface area contributed by atoms with Crippen LogP contribution in [0.5, 0.6) is 0 Å². The van der Waals surface area contributed by atoms with Crippen molar-refractivity contribution < 1.29 is 9.59 Å². The monoisotopic (exact) mass is 331 g/mol. The van der Waals surface area contributed by atoms with E-state index in [1.165, 1.54) is 6.08 Å². The van der Waals surface area contributed by atoms with Gasteiger partial charge in [-0.25, -0.2) is 0 Å². The first-order valence-corrected chi connectivity index (χ1v) is 8.04. The summed E-state index contributed by atoms with van der Waals surface area (Å²) in [4.78, 5) is 23.9. The molecule has 0 radical (unpaired) electrons. The Balaban J connectivity index is 1.58. The predicted octanol–water partition coefficient (Wildman–Crippen LogP) is 3.10. The lowest BCUT2D eigenvalue weighted by molar-refractivity contribution is -0.111. The van der Waals surface area contributed by atoms with Crippen LogP contribution in [0.2, 0.25) is 0 Å². The SMILES string of the molecule is N#Cc1cccc(NC(=O)/C=C/c2ccc(C(=O)NC3CC3)cc2)c1. The second-order valence-electron chi connectivity index (χ2n) is 5.88. The van der Waals surface area contributed by atoms with E-state index in [4.69, 9.17) is 5.26 Å². The summed E-state index contributed by atoms with van der Waals surface area (Å²) in [6, 6.07) is 16.1. The van der Waals surface area contributed by atoms with Gasteiger partial charge in [-0.3, -0.25) is 9.59 Å². The van der Waals surface area contributed by atoms with Crippen molar-refractivity contribution in [3.05, 3.63) is 71.3 Å². The van der Waals surface area contributed by atoms with Crippen LogP contribution in [0.4, 0.5) is 5.69 Å². The van der Waals surface area contributed by atoms with Crippen molar-refractivity contribution in [2.24, 2.45) is 0 Å². The summed E-state index contributed by atoms with van der Waals surface area (Å²) in [6.07, 6.45) is 5.20. The van der Waals surface area contributed by atoms with E-state index in [2.05, 4.69) is 10.6 Å². The number of amides is 2. The van der Waals surface area contributed by atoms with Gasteiger partial charge in [-0.15, -0.1) is 0 Å². The summed E-state index contributed by atoms with van der Waals surface area (Å²) in [5.41, 5.74) is 2.49. The van der Waals surface area contributed by atoms with Crippen molar-refractivity contribution in [2.75, 3.05) is 5.32 Å². The summed E-state index contributed by atoms with van der Waals surface area (Å²) in [5.74, 6) is -0.348. The van der Waals surface area contributed by atoms with Crippen LogP contribution in [0, 0.1) is 11.3 Å². The summed E-state index contributed by atoms with van der Waals surface area (Å²) in [5, 5.41) is 14.5. The first kappa shape index (κ1) is 16.5. The van der Waals surface area contributed by atoms with Gasteiger partial charge in [0.2, 0.25) is 5.91 Å². The molecule has 0 atom stereocenters. The molecule has 0 saturated heterocycles. The maximum Gasteiger partial charge on any atom is 0.251 e. The quantitative estimate of drug-likeness (QED) is 0.826. The first-order chi connectivity index (χ1) is 12.1. The smallest absolute Gasteiger partial charge is 0.251 e. The fourth-order valence-electron chi connectivity index (χ4n) is 2.26. The van der Waals surface area contributed by atoms with Crippen LogP contribution in [0.25, 0.3) is 6.08 Å². The van der Waals surface area contributed by atoms with Crippen molar-refractivity contribution in [3.63, 3.8) is 0 Å². The van der Waals surface area contributed by atoms with E-state index < -0.39 is 0 Å². The predicted molar refractivity (Wildman–Crippen MR) is 95.8 cm³/mol. The Morgan fingerprint density at radius 2 is 1.88 bits per heavy atom. The third kappa shape index (κ3) is 4.79. The molecule has 0 heterocycles. The van der Waals surface area contributed by atoms with Gasteiger partial charge in [-0.2, -0.15) is 5.26 Å². The number of rotatable bonds is 5. The fourth-order valence-corrected chi connectivity index (χ4v) is 2.26. The largest absolute Gasteiger partial charge is 0.349 e. The van der Waals surface area contributed by atoms with Gasteiger partial charge in [0.05, 0.1) is 11.6 Å². The molecule has 2 aromatic rings. The Hall–Kier alpha value is -3.39. The van der Waals surface area contributed by atoms with Crippen molar-refractivity contribution in [1.82, 2.24) is 5.32 Å². The van der Waals surface area contributed by atoms with Gasteiger partial charge in [0.15, 0.2) is 0 Å². The highest BCUT2D eigenvalue weighted by Gasteiger charge is 2.23. The van der Waals surface area contributed by atoms with E-state index >= 15 is 0 Å². The lowest BCUT2D eigenvalue weighted by Gasteiger charge is -2.04. The number of nitrogens with zero attached hydrogens (tertiary/aromatic N) is 1. The number of hydrogen-bond acceptors (Lipinski definition) is 3. The Kier molecular flexibility index (Phi) is 4.91. The molecule has 5 nitrogen and oxygen atoms in total. The molecule has 0 spiro atoms. The highest BCUT2D eigenvalue weighted by Crippen LogP contribution is 2.19. The summed E-state index contributed by atoms with van der Waals surface area (Å²) < 4.78 is 0. The molecule has 1 aliphatic rings. The standard InChI is InChI=1S/C20H17N3O2/c21-13-15-2-1-3-18(12-15)22-19(24)11-6-14-4-7-16(8-5-14)20(25)23-17-9-10-17/h1-8,11-12,17H,9-10H2,(H,22,24)(H,23,25)/b11-6+. The van der Waals surface area contributed by atoms with E-state index in [9.17, 15) is 9.59 Å². The maximum absolute atomic E-state index is 11.9. The number of carbonyl (C=O) groups is 2. The number of hydrogen-bond donors (Lipinski definition) is 2. The minimum Gasteiger partial charge on any atom is -0.349 e. The van der Waals surface area contributed by atoms with Gasteiger partial charge in [-0.05, 0) is 54.8 Å². The maximum atomic E-state index is 11.9. The third-order valence-corrected chi connectivity index (χ3v) is 3.77. The molecule has 1 fully saturated rings. The minimum atomic E-state index is -0.286. The highest BCUT2D eigenvalue weighted by molar-refractivity contribution is 6.02. The topological polar surface area (TPSA) is 82.0 Å². The van der Waals surface area contributed by atoms with Gasteiger partial charge in [-0.1, -0.05) is 18.2 Å². The van der Waals surface area contributed by atoms with Gasteiger partial charge < -0.3 is 10.6 Å². The Labute approximate surface area is 146 Å². The molecule has 2 amide bonds. The van der Waals surface area contributed by atoms with Crippen LogP contribution < -0.4 is 10.6 Å². The third-order valence-electron chi connectivity index (χ3n) is 3.77. The molecule has 0 aliphatic heterocycles. The Morgan fingerprint density at radius 1 is 1.12 bits per heavy atom. The first-order valence-electron chi connectivity index (χ1n) is 8.04. The van der Waals surface area contributed by atoms with Gasteiger partial charge in [0, 0.05) is 23.4 Å². The number of nitriles is 1. The average molecular weight is 331 g/mol. The lowest BCUT2D eigenvalue weighted by atomic mass is 10.1. The normalized spacial score (nSPS) is 13.2. The molecule has 25 heavy (non-hydrogen) atoms. The summed E-state index contributed by atoms with van der Waals surface area (Å²) in [7, 11) is 0. The van der Waals surface area contributed by atoms with Crippen LogP contribution >= 0.6 is 0 Å². The number of benzene rings is 2. The van der Waals surface area contributed by atoms with E-state index in [1.54, 1.807) is 54.6 Å². The zero-order valence-corrected chi connectivity index (χ0v) is 13.5. The average Bonchev–Trinajstić information content (AvgIpc) is 3.44. The molecule has 2 N–H and O–H groups in total. The van der Waals surface area contributed by atoms with Crippen molar-refractivity contribution in [1.29, 1.82) is 5.26 Å². The van der Waals surface area contributed by atoms with Crippen molar-refractivity contribution in [3.8, 4) is 6.07 Å². The molecule has 1 saturated carbocycles. The Morgan fingerprint density at radius 3 is 2.56 bits per heavy atom. The van der Waals surface area contributed by atoms with Crippen molar-refractivity contribution in [2.45, 2.75) is 18.9 Å². The lowest BCUT2D eigenvalue weighted by Crippen LogP contribution is -2.25. The van der Waals surface area contributed by atoms with Gasteiger partial charge in [0.1, 0.15) is 0 Å². The summed E-state index contributed by atoms with van der Waals surface area (Å²) in [6.45, 7) is 0. The molecule has 1 aliphatic carbocycles. The molecule has 5 heteroatoms. The van der Waals surface area contributed by atoms with Gasteiger partial charge >= 0.3 is 0 Å². The number of anilines is 1. The second-order valence-corrected chi connectivity index (χ2v) is 5.88. The van der Waals surface area contributed by atoms with E-state index in [0.717, 1.165) is 18.4 Å². The number of carbonyl (C=O) groups excluding carboxylic acids is 2. The molecule has 0 unspecified atom stereocenters. The molecular formula is C20H17N3O2. The Bertz CT molecular complexity index is 859. The second kappa shape index (κ2) is 7.45. The molecule has 0 bridgehead atoms. The minimum absolute atomic E-state index is 0.0619. The number of nitrogens with one attached hydrogen (secondary N) is 2. The van der Waals surface area contributed by atoms with Crippen LogP contribution in [-0.4, -0.2) is 17.9 Å². The fraction of sp³-hybridized carbons (Fsp3) is 0.150. The molecule has 124 valence electrons. The van der Waals surface area contributed by atoms with Crippen LogP contribution in [-0.2, 0) is 4.79 Å². The van der Waals surface area contributed by atoms with Crippen molar-refractivity contribution >= 4 is 23.6 Å². The van der Waals surface area contributed by atoms with Crippen LogP contribution in [0.3, 0.4) is 0 Å². The zero-order chi connectivity index (χ0) is 17.6. The van der Waals surface area contributed by atoms with Crippen LogP contribution in [0.15, 0.2) is 54.6 Å². The van der Waals surface area contributed by atoms with E-state index in [0.29, 0.717) is 22.9 Å². The molecule has 0 aromatic heterocycles. The molecule has 3 rings (SSSR count). The van der Waals surface area contributed by atoms with Crippen LogP contribution in [0.1, 0.15) is 34.3 Å². The summed E-state index contributed by atoms with van der Waals surface area (Å²) >= 11 is 0. The van der Waals surface area contributed by atoms with Gasteiger partial charge in [0.25, 0.3) is 5.91 Å². The highest BCUT2D eigenvalue weighted by atomic mass is 16.2. The zero-order valence-electron chi connectivity index (χ0n) is 13.5. The molecular weight excluding hydrogens is 314 g/mol. The van der Waals surface area contributed by atoms with E-state index in [-0.39, 0.29) is 11.8 Å². The molecule has 2 aromatic carbocycles.